The van der Waals surface area contributed by atoms with Crippen molar-refractivity contribution in [3.63, 3.8) is 0 Å². The molecule has 3 aromatic rings. The number of pyridine rings is 1. The molecular weight excluding hydrogens is 717 g/mol. The van der Waals surface area contributed by atoms with E-state index in [1.54, 1.807) is 52.3 Å². The first-order chi connectivity index (χ1) is 25.8. The fourth-order valence-corrected chi connectivity index (χ4v) is 8.07. The molecule has 2 amide bonds. The molecule has 1 aromatic carbocycles. The molecule has 3 aliphatic rings. The van der Waals surface area contributed by atoms with E-state index in [9.17, 15) is 27.9 Å². The van der Waals surface area contributed by atoms with E-state index in [-0.39, 0.29) is 25.0 Å². The maximum absolute atomic E-state index is 14.5. The number of alkyl carbamates (subject to hydrolysis) is 1. The van der Waals surface area contributed by atoms with Gasteiger partial charge in [-0.2, -0.15) is 13.2 Å². The zero-order chi connectivity index (χ0) is 39.9. The van der Waals surface area contributed by atoms with Crippen LogP contribution in [0.2, 0.25) is 0 Å². The second-order valence-corrected chi connectivity index (χ2v) is 17.0. The quantitative estimate of drug-likeness (QED) is 0.283. The second-order valence-electron chi connectivity index (χ2n) is 17.0. The summed E-state index contributed by atoms with van der Waals surface area (Å²) in [6, 6.07) is 7.65. The fraction of sp³-hybridized carbons (Fsp3) is 0.625. The first-order valence-corrected chi connectivity index (χ1v) is 19.1. The van der Waals surface area contributed by atoms with E-state index in [0.29, 0.717) is 66.8 Å². The van der Waals surface area contributed by atoms with E-state index in [4.69, 9.17) is 14.2 Å². The SMILES string of the molecule is CO[C@@H](C)c1ncccc1-c1c2c3cc(ccc3n1CC(F)(F)F)C1CCN(C1)C[C@H](NC(=O)OC(C)(C)C)C(=O)N1CCC[C@H](N1)C(O)OCC(C)(C)C2. The van der Waals surface area contributed by atoms with Gasteiger partial charge >= 0.3 is 12.3 Å². The molecular formula is C40H55F3N6O6. The first-order valence-electron chi connectivity index (χ1n) is 19.1. The number of hydrogen-bond donors (Lipinski definition) is 3. The van der Waals surface area contributed by atoms with Crippen LogP contribution >= 0.6 is 0 Å². The second kappa shape index (κ2) is 16.0. The number of ether oxygens (including phenoxy) is 3. The molecule has 0 radical (unpaired) electrons. The number of hydrazine groups is 1. The van der Waals surface area contributed by atoms with Gasteiger partial charge in [-0.25, -0.2) is 10.2 Å². The topological polar surface area (TPSA) is 130 Å². The number of aliphatic hydroxyl groups is 1. The highest BCUT2D eigenvalue weighted by atomic mass is 19.4. The Balaban J connectivity index is 1.48. The van der Waals surface area contributed by atoms with Gasteiger partial charge in [-0.15, -0.1) is 0 Å². The minimum atomic E-state index is -4.52. The zero-order valence-electron chi connectivity index (χ0n) is 32.8. The van der Waals surface area contributed by atoms with Crippen LogP contribution in [0.15, 0.2) is 36.5 Å². The Labute approximate surface area is 320 Å². The Morgan fingerprint density at radius 1 is 1.16 bits per heavy atom. The van der Waals surface area contributed by atoms with Gasteiger partial charge in [-0.05, 0) is 107 Å². The van der Waals surface area contributed by atoms with E-state index in [1.165, 1.54) is 9.58 Å². The molecule has 2 fully saturated rings. The highest BCUT2D eigenvalue weighted by Crippen LogP contribution is 2.43. The predicted molar refractivity (Wildman–Crippen MR) is 201 cm³/mol. The highest BCUT2D eigenvalue weighted by molar-refractivity contribution is 5.93. The average molecular weight is 773 g/mol. The van der Waals surface area contributed by atoms with Gasteiger partial charge in [0.25, 0.3) is 5.91 Å². The van der Waals surface area contributed by atoms with Crippen LogP contribution in [0.25, 0.3) is 22.2 Å². The molecule has 302 valence electrons. The summed E-state index contributed by atoms with van der Waals surface area (Å²) in [5.41, 5.74) is 5.36. The van der Waals surface area contributed by atoms with Crippen molar-refractivity contribution >= 4 is 22.9 Å². The number of carbonyl (C=O) groups excluding carboxylic acids is 2. The third-order valence-corrected chi connectivity index (χ3v) is 10.7. The largest absolute Gasteiger partial charge is 0.444 e. The lowest BCUT2D eigenvalue weighted by Crippen LogP contribution is -2.62. The molecule has 3 unspecified atom stereocenters. The summed E-state index contributed by atoms with van der Waals surface area (Å²) in [6.45, 7) is 11.7. The zero-order valence-corrected chi connectivity index (χ0v) is 32.8. The molecule has 6 rings (SSSR count). The van der Waals surface area contributed by atoms with Gasteiger partial charge in [-0.1, -0.05) is 19.9 Å². The number of halogens is 3. The molecule has 5 heterocycles. The summed E-state index contributed by atoms with van der Waals surface area (Å²) >= 11 is 0. The number of amides is 2. The van der Waals surface area contributed by atoms with E-state index >= 15 is 0 Å². The molecule has 6 bridgehead atoms. The Morgan fingerprint density at radius 3 is 2.64 bits per heavy atom. The van der Waals surface area contributed by atoms with Gasteiger partial charge in [0.2, 0.25) is 0 Å². The van der Waals surface area contributed by atoms with Gasteiger partial charge < -0.3 is 34.1 Å². The van der Waals surface area contributed by atoms with Crippen molar-refractivity contribution in [1.82, 2.24) is 30.2 Å². The Morgan fingerprint density at radius 2 is 1.93 bits per heavy atom. The molecule has 55 heavy (non-hydrogen) atoms. The van der Waals surface area contributed by atoms with Crippen LogP contribution in [-0.2, 0) is 32.0 Å². The van der Waals surface area contributed by atoms with Crippen LogP contribution in [0.3, 0.4) is 0 Å². The maximum Gasteiger partial charge on any atom is 0.408 e. The summed E-state index contributed by atoms with van der Waals surface area (Å²) in [7, 11) is 1.55. The predicted octanol–water partition coefficient (Wildman–Crippen LogP) is 6.07. The lowest BCUT2D eigenvalue weighted by Gasteiger charge is -2.39. The molecule has 2 aromatic heterocycles. The number of fused-ring (bicyclic) bond motifs is 6. The lowest BCUT2D eigenvalue weighted by atomic mass is 9.83. The molecule has 0 aliphatic carbocycles. The molecule has 0 saturated carbocycles. The number of benzene rings is 1. The number of methoxy groups -OCH3 is 1. The number of nitrogens with one attached hydrogen (secondary N) is 2. The molecule has 2 saturated heterocycles. The Hall–Kier alpha value is -3.76. The molecule has 12 nitrogen and oxygen atoms in total. The summed E-state index contributed by atoms with van der Waals surface area (Å²) < 4.78 is 62.2. The van der Waals surface area contributed by atoms with Crippen LogP contribution in [-0.4, -0.2) is 107 Å². The molecule has 6 atom stereocenters. The Bertz CT molecular complexity index is 1860. The van der Waals surface area contributed by atoms with Crippen molar-refractivity contribution in [2.75, 3.05) is 39.9 Å². The Kier molecular flexibility index (Phi) is 11.9. The molecule has 3 aliphatic heterocycles. The minimum absolute atomic E-state index is 0.0225. The van der Waals surface area contributed by atoms with Crippen LogP contribution in [0.4, 0.5) is 18.0 Å². The van der Waals surface area contributed by atoms with Crippen LogP contribution in [0, 0.1) is 5.41 Å². The van der Waals surface area contributed by atoms with Gasteiger partial charge in [-0.3, -0.25) is 14.8 Å². The fourth-order valence-electron chi connectivity index (χ4n) is 8.07. The van der Waals surface area contributed by atoms with Crippen molar-refractivity contribution in [3.05, 3.63) is 53.3 Å². The monoisotopic (exact) mass is 772 g/mol. The van der Waals surface area contributed by atoms with E-state index in [0.717, 1.165) is 17.5 Å². The lowest BCUT2D eigenvalue weighted by molar-refractivity contribution is -0.164. The third-order valence-electron chi connectivity index (χ3n) is 10.7. The highest BCUT2D eigenvalue weighted by Gasteiger charge is 2.39. The van der Waals surface area contributed by atoms with Crippen LogP contribution in [0.1, 0.15) is 89.6 Å². The number of aromatic nitrogens is 2. The smallest absolute Gasteiger partial charge is 0.408 e. The summed E-state index contributed by atoms with van der Waals surface area (Å²) in [4.78, 5) is 33.8. The number of carbonyl (C=O) groups is 2. The summed E-state index contributed by atoms with van der Waals surface area (Å²) in [6.07, 6.45) is -3.21. The van der Waals surface area contributed by atoms with E-state index < -0.39 is 54.3 Å². The number of rotatable bonds is 5. The van der Waals surface area contributed by atoms with Crippen molar-refractivity contribution in [1.29, 1.82) is 0 Å². The van der Waals surface area contributed by atoms with Gasteiger partial charge in [0, 0.05) is 49.4 Å². The van der Waals surface area contributed by atoms with Gasteiger partial charge in [0.1, 0.15) is 18.2 Å². The number of hydrogen-bond acceptors (Lipinski definition) is 9. The van der Waals surface area contributed by atoms with Crippen molar-refractivity contribution in [2.24, 2.45) is 5.41 Å². The number of alkyl halides is 3. The van der Waals surface area contributed by atoms with Crippen LogP contribution in [0.5, 0.6) is 0 Å². The maximum atomic E-state index is 14.5. The van der Waals surface area contributed by atoms with Crippen molar-refractivity contribution < 1.29 is 42.1 Å². The first kappa shape index (κ1) is 40.9. The van der Waals surface area contributed by atoms with Crippen molar-refractivity contribution in [2.45, 2.75) is 116 Å². The molecule has 3 N–H and O–H groups in total. The standard InChI is InChI=1S/C40H55F3N6O6/c1-24(53-7)33-27(10-8-15-44-33)34-29-19-39(5,6)23-54-36(51)30-11-9-16-49(46-30)35(50)31(45-37(52)55-38(2,3)4)21-47-17-14-26(20-47)25-12-13-32(28(29)18-25)48(34)22-40(41,42)43/h8,10,12-13,15,18,24,26,30-31,36,46,51H,9,11,14,16-17,19-23H2,1-7H3,(H,45,52)/t24-,26?,30-,31-,36?/m0/s1. The van der Waals surface area contributed by atoms with Crippen LogP contribution < -0.4 is 10.7 Å². The summed E-state index contributed by atoms with van der Waals surface area (Å²) in [5, 5.41) is 16.3. The number of nitrogens with zero attached hydrogens (tertiary/aromatic N) is 4. The van der Waals surface area contributed by atoms with Crippen molar-refractivity contribution in [3.8, 4) is 11.3 Å². The molecule has 15 heteroatoms. The van der Waals surface area contributed by atoms with Gasteiger partial charge in [0.05, 0.1) is 30.1 Å². The van der Waals surface area contributed by atoms with Gasteiger partial charge in [0.15, 0.2) is 6.29 Å². The van der Waals surface area contributed by atoms with E-state index in [1.807, 2.05) is 32.9 Å². The van der Waals surface area contributed by atoms with E-state index in [2.05, 4.69) is 20.6 Å². The summed E-state index contributed by atoms with van der Waals surface area (Å²) in [5.74, 6) is -0.330. The average Bonchev–Trinajstić information content (AvgIpc) is 3.69. The number of aliphatic hydroxyl groups excluding tert-OH is 1. The third kappa shape index (κ3) is 9.62. The minimum Gasteiger partial charge on any atom is -0.444 e. The molecule has 0 spiro atoms. The normalized spacial score (nSPS) is 25.8.